The summed E-state index contributed by atoms with van der Waals surface area (Å²) in [4.78, 5) is 29.0. The average Bonchev–Trinajstić information content (AvgIpc) is 2.99. The van der Waals surface area contributed by atoms with E-state index in [1.165, 1.54) is 31.2 Å². The number of anilines is 1. The molecule has 1 saturated carbocycles. The van der Waals surface area contributed by atoms with Crippen molar-refractivity contribution in [1.82, 2.24) is 19.8 Å². The summed E-state index contributed by atoms with van der Waals surface area (Å²) in [5.41, 5.74) is 1.19. The first-order valence-electron chi connectivity index (χ1n) is 11.9. The van der Waals surface area contributed by atoms with E-state index in [9.17, 15) is 4.79 Å². The second kappa shape index (κ2) is 9.31. The topological polar surface area (TPSA) is 52.6 Å². The van der Waals surface area contributed by atoms with Crippen LogP contribution < -0.4 is 4.90 Å². The predicted octanol–water partition coefficient (Wildman–Crippen LogP) is 3.22. The average molecular weight is 414 g/mol. The maximum absolute atomic E-state index is 12.2. The molecule has 6 heteroatoms. The summed E-state index contributed by atoms with van der Waals surface area (Å²) in [5, 5.41) is 0. The summed E-state index contributed by atoms with van der Waals surface area (Å²) in [7, 11) is 4.41. The highest BCUT2D eigenvalue weighted by Crippen LogP contribution is 2.33. The first kappa shape index (κ1) is 21.7. The molecule has 3 heterocycles. The Bertz CT molecular complexity index is 699. The molecule has 0 spiro atoms. The number of hydrogen-bond donors (Lipinski definition) is 0. The molecule has 1 aliphatic carbocycles. The molecule has 2 saturated heterocycles. The number of aromatic nitrogens is 2. The van der Waals surface area contributed by atoms with E-state index in [-0.39, 0.29) is 5.92 Å². The van der Waals surface area contributed by atoms with Gasteiger partial charge in [-0.3, -0.25) is 4.79 Å². The Balaban J connectivity index is 1.26. The molecule has 6 nitrogen and oxygen atoms in total. The van der Waals surface area contributed by atoms with E-state index in [2.05, 4.69) is 28.8 Å². The lowest BCUT2D eigenvalue weighted by Crippen LogP contribution is -2.53. The molecule has 0 radical (unpaired) electrons. The van der Waals surface area contributed by atoms with Crippen molar-refractivity contribution in [1.29, 1.82) is 0 Å². The SMILES string of the molecule is CC(C)C(=O)[C@H]1CC[C@H](CN(C)Cc2cnc(N3C4CCC3CN(C)C4)nc2)CC1. The van der Waals surface area contributed by atoms with Crippen LogP contribution in [0.15, 0.2) is 12.4 Å². The summed E-state index contributed by atoms with van der Waals surface area (Å²) >= 11 is 0. The zero-order chi connectivity index (χ0) is 21.3. The fraction of sp³-hybridized carbons (Fsp3) is 0.792. The number of likely N-dealkylation sites (N-methyl/N-ethyl adjacent to an activating group) is 1. The summed E-state index contributed by atoms with van der Waals surface area (Å²) in [6.07, 6.45) is 11.1. The summed E-state index contributed by atoms with van der Waals surface area (Å²) < 4.78 is 0. The Morgan fingerprint density at radius 1 is 1.07 bits per heavy atom. The third-order valence-electron chi connectivity index (χ3n) is 7.43. The minimum absolute atomic E-state index is 0.179. The number of hydrogen-bond acceptors (Lipinski definition) is 6. The van der Waals surface area contributed by atoms with Crippen molar-refractivity contribution in [3.05, 3.63) is 18.0 Å². The van der Waals surface area contributed by atoms with Crippen LogP contribution in [0.5, 0.6) is 0 Å². The van der Waals surface area contributed by atoms with Crippen LogP contribution in [-0.4, -0.2) is 71.4 Å². The van der Waals surface area contributed by atoms with Crippen LogP contribution in [0.2, 0.25) is 0 Å². The van der Waals surface area contributed by atoms with Crippen molar-refractivity contribution in [2.45, 2.75) is 71.0 Å². The van der Waals surface area contributed by atoms with Crippen molar-refractivity contribution in [2.24, 2.45) is 17.8 Å². The lowest BCUT2D eigenvalue weighted by atomic mass is 9.77. The molecule has 1 aromatic rings. The summed E-state index contributed by atoms with van der Waals surface area (Å²) in [6, 6.07) is 1.14. The normalized spacial score (nSPS) is 29.7. The van der Waals surface area contributed by atoms with Crippen molar-refractivity contribution < 1.29 is 4.79 Å². The molecule has 2 unspecified atom stereocenters. The monoisotopic (exact) mass is 413 g/mol. The molecular weight excluding hydrogens is 374 g/mol. The number of Topliss-reactive ketones (excluding diaryl/α,β-unsaturated/α-hetero) is 1. The molecule has 1 aromatic heterocycles. The van der Waals surface area contributed by atoms with Crippen LogP contribution in [-0.2, 0) is 11.3 Å². The molecule has 30 heavy (non-hydrogen) atoms. The highest BCUT2D eigenvalue weighted by Gasteiger charge is 2.40. The molecule has 2 aliphatic heterocycles. The first-order chi connectivity index (χ1) is 14.4. The lowest BCUT2D eigenvalue weighted by Gasteiger charge is -2.39. The Morgan fingerprint density at radius 2 is 1.67 bits per heavy atom. The number of ketones is 1. The number of carbonyl (C=O) groups is 1. The van der Waals surface area contributed by atoms with Gasteiger partial charge in [-0.2, -0.15) is 0 Å². The Hall–Kier alpha value is -1.53. The maximum Gasteiger partial charge on any atom is 0.225 e. The van der Waals surface area contributed by atoms with Gasteiger partial charge in [0.05, 0.1) is 0 Å². The second-order valence-electron chi connectivity index (χ2n) is 10.4. The molecule has 2 atom stereocenters. The molecule has 3 aliphatic rings. The van der Waals surface area contributed by atoms with Crippen LogP contribution in [0, 0.1) is 17.8 Å². The third kappa shape index (κ3) is 4.86. The first-order valence-corrected chi connectivity index (χ1v) is 11.9. The van der Waals surface area contributed by atoms with Crippen molar-refractivity contribution in [3.8, 4) is 0 Å². The zero-order valence-electron chi connectivity index (χ0n) is 19.3. The molecule has 3 fully saturated rings. The smallest absolute Gasteiger partial charge is 0.225 e. The highest BCUT2D eigenvalue weighted by atomic mass is 16.1. The van der Waals surface area contributed by atoms with Gasteiger partial charge >= 0.3 is 0 Å². The molecule has 166 valence electrons. The van der Waals surface area contributed by atoms with Gasteiger partial charge in [0.1, 0.15) is 5.78 Å². The summed E-state index contributed by atoms with van der Waals surface area (Å²) in [5.74, 6) is 2.56. The Morgan fingerprint density at radius 3 is 2.23 bits per heavy atom. The van der Waals surface area contributed by atoms with Gasteiger partial charge in [0.15, 0.2) is 0 Å². The minimum Gasteiger partial charge on any atom is -0.332 e. The van der Waals surface area contributed by atoms with E-state index in [1.807, 2.05) is 26.2 Å². The molecule has 0 aromatic carbocycles. The van der Waals surface area contributed by atoms with Crippen LogP contribution in [0.3, 0.4) is 0 Å². The highest BCUT2D eigenvalue weighted by molar-refractivity contribution is 5.82. The summed E-state index contributed by atoms with van der Waals surface area (Å²) in [6.45, 7) is 8.28. The van der Waals surface area contributed by atoms with Crippen LogP contribution >= 0.6 is 0 Å². The second-order valence-corrected chi connectivity index (χ2v) is 10.4. The van der Waals surface area contributed by atoms with Gasteiger partial charge in [-0.25, -0.2) is 9.97 Å². The number of rotatable bonds is 7. The fourth-order valence-electron chi connectivity index (χ4n) is 5.92. The van der Waals surface area contributed by atoms with Crippen LogP contribution in [0.4, 0.5) is 5.95 Å². The number of carbonyl (C=O) groups excluding carboxylic acids is 1. The van der Waals surface area contributed by atoms with Gasteiger partial charge in [-0.15, -0.1) is 0 Å². The maximum atomic E-state index is 12.2. The fourth-order valence-corrected chi connectivity index (χ4v) is 5.92. The standard InChI is InChI=1S/C24H39N5O/c1-17(2)23(30)20-7-5-18(6-8-20)13-27(3)14-19-11-25-24(26-12-19)29-21-9-10-22(29)16-28(4)15-21/h11-12,17-18,20-22H,5-10,13-16H2,1-4H3/t18-,20-,21?,22?. The van der Waals surface area contributed by atoms with E-state index in [0.717, 1.165) is 45.0 Å². The van der Waals surface area contributed by atoms with Crippen molar-refractivity contribution in [2.75, 3.05) is 38.6 Å². The Labute approximate surface area is 182 Å². The van der Waals surface area contributed by atoms with Crippen LogP contribution in [0.25, 0.3) is 0 Å². The van der Waals surface area contributed by atoms with Gasteiger partial charge < -0.3 is 14.7 Å². The largest absolute Gasteiger partial charge is 0.332 e. The Kier molecular flexibility index (Phi) is 6.73. The lowest BCUT2D eigenvalue weighted by molar-refractivity contribution is -0.127. The quantitative estimate of drug-likeness (QED) is 0.684. The third-order valence-corrected chi connectivity index (χ3v) is 7.43. The van der Waals surface area contributed by atoms with Gasteiger partial charge in [-0.1, -0.05) is 13.8 Å². The van der Waals surface area contributed by atoms with Crippen molar-refractivity contribution in [3.63, 3.8) is 0 Å². The number of likely N-dealkylation sites (tertiary alicyclic amines) is 1. The van der Waals surface area contributed by atoms with Gasteiger partial charge in [0.2, 0.25) is 5.95 Å². The molecule has 2 bridgehead atoms. The molecule has 4 rings (SSSR count). The number of piperazine rings is 1. The van der Waals surface area contributed by atoms with Gasteiger partial charge in [0.25, 0.3) is 0 Å². The van der Waals surface area contributed by atoms with E-state index >= 15 is 0 Å². The number of fused-ring (bicyclic) bond motifs is 2. The molecular formula is C24H39N5O. The zero-order valence-corrected chi connectivity index (χ0v) is 19.3. The molecule has 0 N–H and O–H groups in total. The predicted molar refractivity (Wildman–Crippen MR) is 120 cm³/mol. The molecule has 0 amide bonds. The van der Waals surface area contributed by atoms with Gasteiger partial charge in [-0.05, 0) is 58.5 Å². The minimum atomic E-state index is 0.179. The van der Waals surface area contributed by atoms with E-state index in [4.69, 9.17) is 9.97 Å². The van der Waals surface area contributed by atoms with Gasteiger partial charge in [0, 0.05) is 68.1 Å². The van der Waals surface area contributed by atoms with E-state index < -0.39 is 0 Å². The van der Waals surface area contributed by atoms with E-state index in [0.29, 0.717) is 29.7 Å². The van der Waals surface area contributed by atoms with Crippen molar-refractivity contribution >= 4 is 11.7 Å². The van der Waals surface area contributed by atoms with E-state index in [1.54, 1.807) is 0 Å². The van der Waals surface area contributed by atoms with Crippen LogP contribution in [0.1, 0.15) is 57.9 Å². The number of nitrogens with zero attached hydrogens (tertiary/aromatic N) is 5.